The van der Waals surface area contributed by atoms with Crippen molar-refractivity contribution in [1.82, 2.24) is 5.32 Å². The van der Waals surface area contributed by atoms with Gasteiger partial charge in [0.15, 0.2) is 0 Å². The molecule has 6 heteroatoms. The van der Waals surface area contributed by atoms with E-state index in [4.69, 9.17) is 16.3 Å². The maximum absolute atomic E-state index is 13.8. The molecule has 0 aliphatic carbocycles. The summed E-state index contributed by atoms with van der Waals surface area (Å²) in [5.41, 5.74) is 0.413. The van der Waals surface area contributed by atoms with Crippen LogP contribution in [0.3, 0.4) is 0 Å². The molecule has 1 heterocycles. The highest BCUT2D eigenvalue weighted by molar-refractivity contribution is 7.09. The van der Waals surface area contributed by atoms with Crippen LogP contribution >= 0.6 is 22.9 Å². The van der Waals surface area contributed by atoms with E-state index in [1.807, 2.05) is 24.4 Å². The normalized spacial score (nSPS) is 14.0. The van der Waals surface area contributed by atoms with Gasteiger partial charge in [-0.1, -0.05) is 23.7 Å². The second kappa shape index (κ2) is 8.60. The SMILES string of the molecule is CC(NCC(O)COCc1cccs1)c1c(F)cccc1Cl. The molecule has 3 nitrogen and oxygen atoms in total. The number of hydrogen-bond acceptors (Lipinski definition) is 4. The van der Waals surface area contributed by atoms with Gasteiger partial charge in [0.1, 0.15) is 5.82 Å². The van der Waals surface area contributed by atoms with Gasteiger partial charge in [0.25, 0.3) is 0 Å². The molecule has 1 aromatic heterocycles. The molecule has 1 aromatic carbocycles. The molecular formula is C16H19ClFNO2S. The molecule has 0 spiro atoms. The van der Waals surface area contributed by atoms with E-state index in [2.05, 4.69) is 5.32 Å². The fraction of sp³-hybridized carbons (Fsp3) is 0.375. The molecular weight excluding hydrogens is 325 g/mol. The second-order valence-corrected chi connectivity index (χ2v) is 6.45. The first-order chi connectivity index (χ1) is 10.6. The van der Waals surface area contributed by atoms with Gasteiger partial charge >= 0.3 is 0 Å². The fourth-order valence-electron chi connectivity index (χ4n) is 2.09. The van der Waals surface area contributed by atoms with Gasteiger partial charge in [-0.05, 0) is 30.5 Å². The number of ether oxygens (including phenoxy) is 1. The van der Waals surface area contributed by atoms with Crippen molar-refractivity contribution in [2.45, 2.75) is 25.7 Å². The Balaban J connectivity index is 1.74. The minimum Gasteiger partial charge on any atom is -0.389 e. The molecule has 0 fully saturated rings. The van der Waals surface area contributed by atoms with Gasteiger partial charge < -0.3 is 15.2 Å². The third-order valence-electron chi connectivity index (χ3n) is 3.23. The van der Waals surface area contributed by atoms with E-state index in [0.29, 0.717) is 23.7 Å². The topological polar surface area (TPSA) is 41.5 Å². The Hall–Kier alpha value is -0.980. The highest BCUT2D eigenvalue weighted by atomic mass is 35.5. The number of thiophene rings is 1. The summed E-state index contributed by atoms with van der Waals surface area (Å²) in [7, 11) is 0. The predicted molar refractivity (Wildman–Crippen MR) is 87.8 cm³/mol. The highest BCUT2D eigenvalue weighted by Crippen LogP contribution is 2.25. The number of benzene rings is 1. The summed E-state index contributed by atoms with van der Waals surface area (Å²) in [5.74, 6) is -0.351. The van der Waals surface area contributed by atoms with Crippen molar-refractivity contribution >= 4 is 22.9 Å². The van der Waals surface area contributed by atoms with Crippen LogP contribution in [0.5, 0.6) is 0 Å². The lowest BCUT2D eigenvalue weighted by Gasteiger charge is -2.19. The van der Waals surface area contributed by atoms with Crippen LogP contribution in [0.1, 0.15) is 23.4 Å². The summed E-state index contributed by atoms with van der Waals surface area (Å²) in [4.78, 5) is 1.12. The van der Waals surface area contributed by atoms with Crippen molar-refractivity contribution in [3.05, 3.63) is 57.0 Å². The monoisotopic (exact) mass is 343 g/mol. The molecule has 0 amide bonds. The van der Waals surface area contributed by atoms with Gasteiger partial charge in [0, 0.05) is 28.0 Å². The summed E-state index contributed by atoms with van der Waals surface area (Å²) in [5, 5.41) is 15.3. The van der Waals surface area contributed by atoms with Gasteiger partial charge in [0.05, 0.1) is 19.3 Å². The third-order valence-corrected chi connectivity index (χ3v) is 4.41. The Labute approximate surface area is 138 Å². The van der Waals surface area contributed by atoms with E-state index in [1.54, 1.807) is 23.5 Å². The third kappa shape index (κ3) is 5.04. The molecule has 0 saturated heterocycles. The van der Waals surface area contributed by atoms with Crippen LogP contribution in [-0.2, 0) is 11.3 Å². The van der Waals surface area contributed by atoms with E-state index < -0.39 is 6.10 Å². The largest absolute Gasteiger partial charge is 0.389 e. The van der Waals surface area contributed by atoms with Gasteiger partial charge in [-0.25, -0.2) is 4.39 Å². The van der Waals surface area contributed by atoms with Crippen LogP contribution in [0.2, 0.25) is 5.02 Å². The van der Waals surface area contributed by atoms with E-state index in [0.717, 1.165) is 4.88 Å². The Morgan fingerprint density at radius 1 is 1.36 bits per heavy atom. The van der Waals surface area contributed by atoms with Gasteiger partial charge in [-0.2, -0.15) is 0 Å². The number of aliphatic hydroxyl groups excluding tert-OH is 1. The van der Waals surface area contributed by atoms with E-state index in [9.17, 15) is 9.50 Å². The van der Waals surface area contributed by atoms with Crippen molar-refractivity contribution in [2.24, 2.45) is 0 Å². The Morgan fingerprint density at radius 3 is 2.86 bits per heavy atom. The van der Waals surface area contributed by atoms with Crippen LogP contribution < -0.4 is 5.32 Å². The number of rotatable bonds is 8. The predicted octanol–water partition coefficient (Wildman–Crippen LogP) is 3.77. The summed E-state index contributed by atoms with van der Waals surface area (Å²) < 4.78 is 19.2. The van der Waals surface area contributed by atoms with Crippen LogP contribution in [-0.4, -0.2) is 24.4 Å². The molecule has 0 aliphatic heterocycles. The molecule has 2 unspecified atom stereocenters. The molecule has 22 heavy (non-hydrogen) atoms. The average molecular weight is 344 g/mol. The molecule has 0 aliphatic rings. The first kappa shape index (κ1) is 17.4. The summed E-state index contributed by atoms with van der Waals surface area (Å²) in [6.45, 7) is 2.83. The quantitative estimate of drug-likeness (QED) is 0.766. The summed E-state index contributed by atoms with van der Waals surface area (Å²) in [6.07, 6.45) is -0.659. The lowest BCUT2D eigenvalue weighted by atomic mass is 10.1. The van der Waals surface area contributed by atoms with Gasteiger partial charge in [-0.3, -0.25) is 0 Å². The van der Waals surface area contributed by atoms with Crippen LogP contribution in [0.15, 0.2) is 35.7 Å². The highest BCUT2D eigenvalue weighted by Gasteiger charge is 2.15. The molecule has 2 atom stereocenters. The smallest absolute Gasteiger partial charge is 0.129 e. The van der Waals surface area contributed by atoms with E-state index in [1.165, 1.54) is 6.07 Å². The zero-order valence-electron chi connectivity index (χ0n) is 12.3. The summed E-state index contributed by atoms with van der Waals surface area (Å²) >= 11 is 7.63. The van der Waals surface area contributed by atoms with E-state index >= 15 is 0 Å². The van der Waals surface area contributed by atoms with Crippen molar-refractivity contribution < 1.29 is 14.2 Å². The van der Waals surface area contributed by atoms with Gasteiger partial charge in [0.2, 0.25) is 0 Å². The Kier molecular flexibility index (Phi) is 6.79. The molecule has 2 N–H and O–H groups in total. The summed E-state index contributed by atoms with van der Waals surface area (Å²) in [6, 6.07) is 8.25. The number of halogens is 2. The molecule has 0 bridgehead atoms. The first-order valence-corrected chi connectivity index (χ1v) is 8.29. The fourth-order valence-corrected chi connectivity index (χ4v) is 3.06. The lowest BCUT2D eigenvalue weighted by molar-refractivity contribution is 0.0287. The van der Waals surface area contributed by atoms with Crippen molar-refractivity contribution in [3.63, 3.8) is 0 Å². The zero-order chi connectivity index (χ0) is 15.9. The Bertz CT molecular complexity index is 559. The zero-order valence-corrected chi connectivity index (χ0v) is 13.8. The lowest BCUT2D eigenvalue weighted by Crippen LogP contribution is -2.32. The van der Waals surface area contributed by atoms with Crippen molar-refractivity contribution in [1.29, 1.82) is 0 Å². The average Bonchev–Trinajstić information content (AvgIpc) is 2.98. The van der Waals surface area contributed by atoms with Gasteiger partial charge in [-0.15, -0.1) is 11.3 Å². The molecule has 2 rings (SSSR count). The second-order valence-electron chi connectivity index (χ2n) is 5.01. The molecule has 0 saturated carbocycles. The van der Waals surface area contributed by atoms with Crippen molar-refractivity contribution in [2.75, 3.05) is 13.2 Å². The maximum Gasteiger partial charge on any atom is 0.129 e. The number of aliphatic hydroxyl groups is 1. The van der Waals surface area contributed by atoms with Crippen LogP contribution in [0.25, 0.3) is 0 Å². The van der Waals surface area contributed by atoms with E-state index in [-0.39, 0.29) is 18.5 Å². The molecule has 2 aromatic rings. The minimum absolute atomic E-state index is 0.225. The standard InChI is InChI=1S/C16H19ClFNO2S/c1-11(16-14(17)5-2-6-15(16)18)19-8-12(20)9-21-10-13-4-3-7-22-13/h2-7,11-12,19-20H,8-10H2,1H3. The van der Waals surface area contributed by atoms with Crippen molar-refractivity contribution in [3.8, 4) is 0 Å². The number of hydrogen-bond donors (Lipinski definition) is 2. The molecule has 120 valence electrons. The van der Waals surface area contributed by atoms with Crippen LogP contribution in [0.4, 0.5) is 4.39 Å². The molecule has 0 radical (unpaired) electrons. The first-order valence-electron chi connectivity index (χ1n) is 7.03. The van der Waals surface area contributed by atoms with Crippen LogP contribution in [0, 0.1) is 5.82 Å². The Morgan fingerprint density at radius 2 is 2.18 bits per heavy atom. The maximum atomic E-state index is 13.8. The number of nitrogens with one attached hydrogen (secondary N) is 1. The minimum atomic E-state index is -0.659.